The summed E-state index contributed by atoms with van der Waals surface area (Å²) in [7, 11) is 0. The molecule has 2 aromatic rings. The molecule has 4 heteroatoms. The molecule has 0 spiro atoms. The van der Waals surface area contributed by atoms with Crippen LogP contribution in [0.3, 0.4) is 0 Å². The molecule has 0 aliphatic heterocycles. The molecule has 2 nitrogen and oxygen atoms in total. The van der Waals surface area contributed by atoms with E-state index >= 15 is 0 Å². The van der Waals surface area contributed by atoms with E-state index in [0.717, 1.165) is 27.7 Å². The van der Waals surface area contributed by atoms with Crippen LogP contribution in [-0.2, 0) is 5.75 Å². The first-order valence-corrected chi connectivity index (χ1v) is 6.61. The van der Waals surface area contributed by atoms with Crippen LogP contribution in [0, 0.1) is 6.92 Å². The zero-order chi connectivity index (χ0) is 12.3. The van der Waals surface area contributed by atoms with Crippen LogP contribution in [0.4, 0.5) is 5.69 Å². The molecule has 0 bridgehead atoms. The Morgan fingerprint density at radius 2 is 2.18 bits per heavy atom. The summed E-state index contributed by atoms with van der Waals surface area (Å²) in [5, 5.41) is 0.722. The summed E-state index contributed by atoms with van der Waals surface area (Å²) in [6, 6.07) is 9.62. The van der Waals surface area contributed by atoms with Crippen LogP contribution >= 0.6 is 23.4 Å². The normalized spacial score (nSPS) is 10.5. The minimum Gasteiger partial charge on any atom is -0.398 e. The van der Waals surface area contributed by atoms with Crippen LogP contribution < -0.4 is 5.73 Å². The molecular weight excluding hydrogens is 252 g/mol. The van der Waals surface area contributed by atoms with E-state index in [1.807, 2.05) is 25.1 Å². The Morgan fingerprint density at radius 3 is 2.94 bits per heavy atom. The third kappa shape index (κ3) is 3.14. The highest BCUT2D eigenvalue weighted by Gasteiger charge is 2.03. The Kier molecular flexibility index (Phi) is 3.92. The van der Waals surface area contributed by atoms with E-state index < -0.39 is 0 Å². The molecule has 17 heavy (non-hydrogen) atoms. The van der Waals surface area contributed by atoms with Crippen molar-refractivity contribution in [1.29, 1.82) is 0 Å². The zero-order valence-electron chi connectivity index (χ0n) is 9.48. The molecule has 0 saturated carbocycles. The average molecular weight is 265 g/mol. The lowest BCUT2D eigenvalue weighted by molar-refractivity contribution is 1.17. The van der Waals surface area contributed by atoms with Gasteiger partial charge in [0.25, 0.3) is 0 Å². The smallest absolute Gasteiger partial charge is 0.0521 e. The van der Waals surface area contributed by atoms with E-state index in [-0.39, 0.29) is 0 Å². The van der Waals surface area contributed by atoms with E-state index in [4.69, 9.17) is 17.3 Å². The predicted octanol–water partition coefficient (Wildman–Crippen LogP) is 3.92. The Morgan fingerprint density at radius 1 is 1.35 bits per heavy atom. The number of nitrogens with zero attached hydrogens (tertiary/aromatic N) is 1. The van der Waals surface area contributed by atoms with Crippen molar-refractivity contribution in [2.75, 3.05) is 5.73 Å². The van der Waals surface area contributed by atoms with Gasteiger partial charge < -0.3 is 5.73 Å². The molecular formula is C13H13ClN2S. The average Bonchev–Trinajstić information content (AvgIpc) is 2.31. The standard InChI is InChI=1S/C13H13ClN2S/c1-9-12(15)3-2-4-13(9)17-8-11-7-10(14)5-6-16-11/h2-7H,8,15H2,1H3. The Labute approximate surface area is 110 Å². The number of rotatable bonds is 3. The highest BCUT2D eigenvalue weighted by atomic mass is 35.5. The number of aromatic nitrogens is 1. The van der Waals surface area contributed by atoms with Crippen molar-refractivity contribution >= 4 is 29.1 Å². The topological polar surface area (TPSA) is 38.9 Å². The Bertz CT molecular complexity index is 529. The van der Waals surface area contributed by atoms with E-state index in [1.165, 1.54) is 4.90 Å². The third-order valence-electron chi connectivity index (χ3n) is 2.48. The van der Waals surface area contributed by atoms with E-state index in [1.54, 1.807) is 24.0 Å². The van der Waals surface area contributed by atoms with Gasteiger partial charge in [0.05, 0.1) is 5.69 Å². The van der Waals surface area contributed by atoms with Gasteiger partial charge in [-0.05, 0) is 36.8 Å². The van der Waals surface area contributed by atoms with Crippen LogP contribution in [0.1, 0.15) is 11.3 Å². The second-order valence-corrected chi connectivity index (χ2v) is 5.18. The number of hydrogen-bond donors (Lipinski definition) is 1. The molecule has 88 valence electrons. The van der Waals surface area contributed by atoms with Crippen LogP contribution in [0.25, 0.3) is 0 Å². The van der Waals surface area contributed by atoms with Crippen molar-refractivity contribution in [3.05, 3.63) is 52.8 Å². The van der Waals surface area contributed by atoms with Gasteiger partial charge in [0.2, 0.25) is 0 Å². The molecule has 0 fully saturated rings. The fourth-order valence-corrected chi connectivity index (χ4v) is 2.62. The molecule has 0 atom stereocenters. The van der Waals surface area contributed by atoms with Crippen molar-refractivity contribution in [2.45, 2.75) is 17.6 Å². The number of anilines is 1. The van der Waals surface area contributed by atoms with Crippen molar-refractivity contribution in [1.82, 2.24) is 4.98 Å². The highest BCUT2D eigenvalue weighted by molar-refractivity contribution is 7.98. The molecule has 0 aliphatic carbocycles. The highest BCUT2D eigenvalue weighted by Crippen LogP contribution is 2.28. The fourth-order valence-electron chi connectivity index (χ4n) is 1.47. The van der Waals surface area contributed by atoms with Gasteiger partial charge >= 0.3 is 0 Å². The summed E-state index contributed by atoms with van der Waals surface area (Å²) < 4.78 is 0. The number of pyridine rings is 1. The van der Waals surface area contributed by atoms with Gasteiger partial charge in [0.1, 0.15) is 0 Å². The van der Waals surface area contributed by atoms with Crippen LogP contribution in [0.2, 0.25) is 5.02 Å². The molecule has 2 N–H and O–H groups in total. The summed E-state index contributed by atoms with van der Waals surface area (Å²) >= 11 is 7.64. The lowest BCUT2D eigenvalue weighted by Crippen LogP contribution is -1.92. The molecule has 0 aliphatic rings. The van der Waals surface area contributed by atoms with E-state index in [0.29, 0.717) is 0 Å². The summed E-state index contributed by atoms with van der Waals surface area (Å²) in [6.45, 7) is 2.03. The quantitative estimate of drug-likeness (QED) is 0.675. The van der Waals surface area contributed by atoms with Crippen LogP contribution in [0.15, 0.2) is 41.4 Å². The van der Waals surface area contributed by atoms with Crippen molar-refractivity contribution < 1.29 is 0 Å². The minimum atomic E-state index is 0.722. The first-order valence-electron chi connectivity index (χ1n) is 5.25. The Balaban J connectivity index is 2.10. The maximum atomic E-state index is 5.91. The zero-order valence-corrected chi connectivity index (χ0v) is 11.1. The van der Waals surface area contributed by atoms with Gasteiger partial charge in [-0.3, -0.25) is 4.98 Å². The van der Waals surface area contributed by atoms with Gasteiger partial charge in [-0.2, -0.15) is 0 Å². The van der Waals surface area contributed by atoms with E-state index in [2.05, 4.69) is 11.1 Å². The molecule has 1 heterocycles. The fraction of sp³-hybridized carbons (Fsp3) is 0.154. The number of thioether (sulfide) groups is 1. The number of halogens is 1. The molecule has 1 aromatic carbocycles. The second kappa shape index (κ2) is 5.43. The van der Waals surface area contributed by atoms with Gasteiger partial charge in [0.15, 0.2) is 0 Å². The van der Waals surface area contributed by atoms with Gasteiger partial charge in [-0.15, -0.1) is 11.8 Å². The molecule has 0 radical (unpaired) electrons. The summed E-state index contributed by atoms with van der Waals surface area (Å²) in [4.78, 5) is 5.46. The number of hydrogen-bond acceptors (Lipinski definition) is 3. The molecule has 0 unspecified atom stereocenters. The molecule has 0 saturated heterocycles. The Hall–Kier alpha value is -1.19. The third-order valence-corrected chi connectivity index (χ3v) is 3.91. The SMILES string of the molecule is Cc1c(N)cccc1SCc1cc(Cl)ccn1. The van der Waals surface area contributed by atoms with Crippen LogP contribution in [-0.4, -0.2) is 4.98 Å². The summed E-state index contributed by atoms with van der Waals surface area (Å²) in [5.41, 5.74) is 8.79. The van der Waals surface area contributed by atoms with Crippen molar-refractivity contribution in [3.63, 3.8) is 0 Å². The summed E-state index contributed by atoms with van der Waals surface area (Å²) in [6.07, 6.45) is 1.73. The summed E-state index contributed by atoms with van der Waals surface area (Å²) in [5.74, 6) is 0.796. The number of nitrogens with two attached hydrogens (primary N) is 1. The first-order chi connectivity index (χ1) is 8.16. The molecule has 2 rings (SSSR count). The van der Waals surface area contributed by atoms with Crippen molar-refractivity contribution in [3.8, 4) is 0 Å². The van der Waals surface area contributed by atoms with Crippen molar-refractivity contribution in [2.24, 2.45) is 0 Å². The largest absolute Gasteiger partial charge is 0.398 e. The number of nitrogen functional groups attached to an aromatic ring is 1. The number of benzene rings is 1. The van der Waals surface area contributed by atoms with E-state index in [9.17, 15) is 0 Å². The first kappa shape index (κ1) is 12.3. The predicted molar refractivity (Wildman–Crippen MR) is 74.4 cm³/mol. The van der Waals surface area contributed by atoms with Gasteiger partial charge in [-0.25, -0.2) is 0 Å². The molecule has 0 amide bonds. The lowest BCUT2D eigenvalue weighted by Gasteiger charge is -2.07. The maximum Gasteiger partial charge on any atom is 0.0521 e. The van der Waals surface area contributed by atoms with Gasteiger partial charge in [-0.1, -0.05) is 17.7 Å². The monoisotopic (exact) mass is 264 g/mol. The second-order valence-electron chi connectivity index (χ2n) is 3.72. The minimum absolute atomic E-state index is 0.722. The molecule has 1 aromatic heterocycles. The lowest BCUT2D eigenvalue weighted by atomic mass is 10.2. The van der Waals surface area contributed by atoms with Crippen LogP contribution in [0.5, 0.6) is 0 Å². The van der Waals surface area contributed by atoms with Gasteiger partial charge in [0, 0.05) is 27.6 Å². The maximum absolute atomic E-state index is 5.91.